The van der Waals surface area contributed by atoms with Crippen molar-refractivity contribution in [2.75, 3.05) is 0 Å². The lowest BCUT2D eigenvalue weighted by Crippen LogP contribution is -2.44. The van der Waals surface area contributed by atoms with Crippen LogP contribution in [0.25, 0.3) is 22.5 Å². The number of benzene rings is 1. The van der Waals surface area contributed by atoms with E-state index in [-0.39, 0.29) is 75.0 Å². The van der Waals surface area contributed by atoms with E-state index in [0.29, 0.717) is 38.1 Å². The van der Waals surface area contributed by atoms with Crippen LogP contribution in [-0.2, 0) is 61.9 Å². The molecule has 4 aromatic heterocycles. The molecule has 2 aliphatic carbocycles. The summed E-state index contributed by atoms with van der Waals surface area (Å²) in [4.78, 5) is 60.5. The van der Waals surface area contributed by atoms with Gasteiger partial charge in [-0.2, -0.15) is 57.0 Å². The molecule has 8 heterocycles. The van der Waals surface area contributed by atoms with Crippen molar-refractivity contribution in [2.24, 2.45) is 11.8 Å². The molecule has 2 unspecified atom stereocenters. The fourth-order valence-corrected chi connectivity index (χ4v) is 11.7. The standard InChI is InChI=1S/C25H19F7N4O3S.C24H24F6N4O3/c26-16-2-4-18(5-3-16)40(38,39)36-17-7-14(8-17)22(36)21(37)6-1-13-9-20(33-12-19(13)24(27,28)29)15-10-34-23(35-11-15)25(30,31)32;1-22(2,3)37-21(36)34-15-6-13(7-15)19(34)18(35)5-4-12-8-17(31-11-16(12)23(25,26)27)14-9-32-20(33-10-14)24(28,29)30/h2-5,9-12,14,17,22H,1,6-8H2;8-11,13,15,19H,4-7H2,1-3H3. The van der Waals surface area contributed by atoms with Crippen molar-refractivity contribution in [1.29, 1.82) is 0 Å². The van der Waals surface area contributed by atoms with Crippen LogP contribution in [-0.4, -0.2) is 95.0 Å². The summed E-state index contributed by atoms with van der Waals surface area (Å²) in [5.41, 5.74) is -3.83. The molecule has 6 aliphatic rings. The molecule has 2 saturated carbocycles. The number of pyridine rings is 2. The lowest BCUT2D eigenvalue weighted by Gasteiger charge is -2.29. The Kier molecular flexibility index (Phi) is 15.1. The van der Waals surface area contributed by atoms with Crippen molar-refractivity contribution >= 4 is 27.7 Å². The van der Waals surface area contributed by atoms with Crippen LogP contribution < -0.4 is 0 Å². The number of aromatic nitrogens is 6. The average molecular weight is 1120 g/mol. The predicted molar refractivity (Wildman–Crippen MR) is 241 cm³/mol. The molecule has 4 bridgehead atoms. The number of rotatable bonds is 12. The normalized spacial score (nSPS) is 21.4. The van der Waals surface area contributed by atoms with Crippen molar-refractivity contribution in [1.82, 2.24) is 39.1 Å². The van der Waals surface area contributed by atoms with E-state index >= 15 is 0 Å². The number of aryl methyl sites for hydroxylation is 2. The first-order chi connectivity index (χ1) is 35.7. The fourth-order valence-electron chi connectivity index (χ4n) is 9.83. The number of fused-ring (bicyclic) bond motifs is 2. The third-order valence-corrected chi connectivity index (χ3v) is 15.4. The molecule has 1 amide bonds. The number of nitrogens with zero attached hydrogens (tertiary/aromatic N) is 8. The van der Waals surface area contributed by atoms with Crippen LogP contribution in [0, 0.1) is 17.7 Å². The van der Waals surface area contributed by atoms with Crippen molar-refractivity contribution in [3.63, 3.8) is 0 Å². The number of ether oxygens (including phenoxy) is 1. The van der Waals surface area contributed by atoms with Gasteiger partial charge in [-0.1, -0.05) is 0 Å². The monoisotopic (exact) mass is 1120 g/mol. The molecule has 14 nitrogen and oxygen atoms in total. The smallest absolute Gasteiger partial charge is 0.444 e. The summed E-state index contributed by atoms with van der Waals surface area (Å²) in [6, 6.07) is 3.79. The SMILES string of the molecule is CC(C)(C)OC(=O)N1C2CC(C2)C1C(=O)CCc1cc(-c2cnc(C(F)(F)F)nc2)ncc1C(F)(F)F.O=C(CCc1cc(-c2cnc(C(F)(F)F)nc2)ncc1C(F)(F)F)C1C2CC(C2)N1S(=O)(=O)c1ccc(F)cc1. The summed E-state index contributed by atoms with van der Waals surface area (Å²) in [7, 11) is -4.17. The highest BCUT2D eigenvalue weighted by molar-refractivity contribution is 7.89. The number of alkyl halides is 12. The molecule has 4 aliphatic heterocycles. The van der Waals surface area contributed by atoms with E-state index in [1.165, 1.54) is 4.90 Å². The van der Waals surface area contributed by atoms with E-state index in [0.717, 1.165) is 65.5 Å². The zero-order chi connectivity index (χ0) is 56.4. The van der Waals surface area contributed by atoms with Crippen LogP contribution in [0.1, 0.15) is 93.2 Å². The van der Waals surface area contributed by atoms with Crippen molar-refractivity contribution in [3.05, 3.63) is 113 Å². The third kappa shape index (κ3) is 12.2. The topological polar surface area (TPSA) is 178 Å². The minimum atomic E-state index is -4.84. The number of Topliss-reactive ketones (excluding diaryl/α,β-unsaturated/α-hetero) is 2. The molecule has 1 aromatic carbocycles. The summed E-state index contributed by atoms with van der Waals surface area (Å²) >= 11 is 0. The Balaban J connectivity index is 0.000000204. The van der Waals surface area contributed by atoms with Crippen LogP contribution in [0.15, 0.2) is 78.5 Å². The summed E-state index contributed by atoms with van der Waals surface area (Å²) in [5.74, 6) is -4.75. The summed E-state index contributed by atoms with van der Waals surface area (Å²) < 4.78 is 205. The van der Waals surface area contributed by atoms with Gasteiger partial charge in [-0.05, 0) is 119 Å². The Hall–Kier alpha value is -6.71. The predicted octanol–water partition coefficient (Wildman–Crippen LogP) is 10.5. The first-order valence-corrected chi connectivity index (χ1v) is 24.9. The van der Waals surface area contributed by atoms with Crippen LogP contribution in [0.4, 0.5) is 61.9 Å². The highest BCUT2D eigenvalue weighted by Gasteiger charge is 2.59. The van der Waals surface area contributed by atoms with Crippen LogP contribution in [0.2, 0.25) is 0 Å². The summed E-state index contributed by atoms with van der Waals surface area (Å²) in [6.07, 6.45) is -14.8. The number of amides is 1. The molecular weight excluding hydrogens is 1080 g/mol. The molecule has 6 fully saturated rings. The van der Waals surface area contributed by atoms with E-state index in [1.54, 1.807) is 20.8 Å². The number of hydrogen-bond acceptors (Lipinski definition) is 12. The van der Waals surface area contributed by atoms with E-state index in [4.69, 9.17) is 4.74 Å². The van der Waals surface area contributed by atoms with Gasteiger partial charge >= 0.3 is 30.8 Å². The lowest BCUT2D eigenvalue weighted by molar-refractivity contribution is -0.145. The second-order valence-electron chi connectivity index (χ2n) is 19.8. The Bertz CT molecular complexity index is 3140. The average Bonchev–Trinajstić information content (AvgIpc) is 4.11. The molecular formula is C49H43F13N8O6S. The number of carbonyl (C=O) groups is 3. The molecule has 77 heavy (non-hydrogen) atoms. The first kappa shape index (κ1) is 56.5. The van der Waals surface area contributed by atoms with Gasteiger partial charge in [0.15, 0.2) is 11.6 Å². The van der Waals surface area contributed by atoms with Gasteiger partial charge in [0.05, 0.1) is 39.5 Å². The number of carbonyl (C=O) groups excluding carboxylic acids is 3. The fraction of sp³-hybridized carbons (Fsp3) is 0.449. The molecule has 11 rings (SSSR count). The second kappa shape index (κ2) is 20.6. The van der Waals surface area contributed by atoms with Crippen molar-refractivity contribution in [3.8, 4) is 22.5 Å². The number of ketones is 2. The number of hydrogen-bond donors (Lipinski definition) is 0. The van der Waals surface area contributed by atoms with Crippen molar-refractivity contribution in [2.45, 2.75) is 132 Å². The Morgan fingerprint density at radius 2 is 0.974 bits per heavy atom. The molecule has 0 radical (unpaired) electrons. The quantitative estimate of drug-likeness (QED) is 0.108. The van der Waals surface area contributed by atoms with Gasteiger partial charge in [0.1, 0.15) is 11.4 Å². The van der Waals surface area contributed by atoms with Gasteiger partial charge in [-0.3, -0.25) is 24.5 Å². The van der Waals surface area contributed by atoms with Crippen molar-refractivity contribution < 1.29 is 84.6 Å². The molecule has 0 N–H and O–H groups in total. The second-order valence-corrected chi connectivity index (χ2v) is 21.6. The molecule has 2 atom stereocenters. The number of halogens is 13. The third-order valence-electron chi connectivity index (χ3n) is 13.4. The van der Waals surface area contributed by atoms with Crippen LogP contribution in [0.3, 0.4) is 0 Å². The maximum Gasteiger partial charge on any atom is 0.451 e. The largest absolute Gasteiger partial charge is 0.451 e. The van der Waals surface area contributed by atoms with Gasteiger partial charge in [-0.15, -0.1) is 0 Å². The van der Waals surface area contributed by atoms with E-state index in [1.807, 2.05) is 0 Å². The zero-order valence-corrected chi connectivity index (χ0v) is 41.2. The summed E-state index contributed by atoms with van der Waals surface area (Å²) in [5, 5.41) is 0. The Morgan fingerprint density at radius 3 is 1.38 bits per heavy atom. The highest BCUT2D eigenvalue weighted by atomic mass is 32.2. The van der Waals surface area contributed by atoms with Gasteiger partial charge in [0.25, 0.3) is 0 Å². The number of sulfonamides is 1. The first-order valence-electron chi connectivity index (χ1n) is 23.5. The molecule has 28 heteroatoms. The van der Waals surface area contributed by atoms with Gasteiger partial charge in [-0.25, -0.2) is 37.5 Å². The van der Waals surface area contributed by atoms with Gasteiger partial charge < -0.3 is 4.74 Å². The molecule has 4 saturated heterocycles. The minimum Gasteiger partial charge on any atom is -0.444 e. The molecule has 412 valence electrons. The Morgan fingerprint density at radius 1 is 0.571 bits per heavy atom. The zero-order valence-electron chi connectivity index (χ0n) is 40.4. The lowest BCUT2D eigenvalue weighted by atomic mass is 9.81. The Labute approximate surface area is 429 Å². The molecule has 5 aromatic rings. The highest BCUT2D eigenvalue weighted by Crippen LogP contribution is 2.50. The van der Waals surface area contributed by atoms with E-state index < -0.39 is 112 Å². The van der Waals surface area contributed by atoms with E-state index in [9.17, 15) is 79.9 Å². The van der Waals surface area contributed by atoms with Crippen LogP contribution in [0.5, 0.6) is 0 Å². The summed E-state index contributed by atoms with van der Waals surface area (Å²) in [6.45, 7) is 5.09. The van der Waals surface area contributed by atoms with Gasteiger partial charge in [0, 0.05) is 73.2 Å². The maximum atomic E-state index is 13.7. The van der Waals surface area contributed by atoms with Gasteiger partial charge in [0.2, 0.25) is 21.7 Å². The maximum absolute atomic E-state index is 13.7. The minimum absolute atomic E-state index is 0.0120. The molecule has 0 spiro atoms. The van der Waals surface area contributed by atoms with Crippen LogP contribution >= 0.6 is 0 Å². The van der Waals surface area contributed by atoms with E-state index in [2.05, 4.69) is 29.9 Å².